The molecule has 1 aromatic rings. The van der Waals surface area contributed by atoms with E-state index in [-0.39, 0.29) is 10.9 Å². The zero-order valence-electron chi connectivity index (χ0n) is 10.5. The molecule has 104 valence electrons. The standard InChI is InChI=1S/C14H16Cl2FNO/c15-7-2-8-18(11-3-1-4-11)14(19)10-5-6-13(17)12(16)9-10/h5-6,9,11H,1-4,7-8H2. The zero-order chi connectivity index (χ0) is 13.8. The van der Waals surface area contributed by atoms with Crippen LogP contribution in [0, 0.1) is 5.82 Å². The summed E-state index contributed by atoms with van der Waals surface area (Å²) in [6.07, 6.45) is 3.98. The van der Waals surface area contributed by atoms with Gasteiger partial charge < -0.3 is 4.90 Å². The first kappa shape index (κ1) is 14.6. The molecular weight excluding hydrogens is 288 g/mol. The number of alkyl halides is 1. The molecule has 19 heavy (non-hydrogen) atoms. The third kappa shape index (κ3) is 3.40. The molecule has 0 atom stereocenters. The molecular formula is C14H16Cl2FNO. The minimum absolute atomic E-state index is 0.0169. The first-order valence-corrected chi connectivity index (χ1v) is 7.36. The van der Waals surface area contributed by atoms with E-state index < -0.39 is 5.82 Å². The Morgan fingerprint density at radius 2 is 2.16 bits per heavy atom. The molecule has 0 N–H and O–H groups in total. The van der Waals surface area contributed by atoms with Crippen molar-refractivity contribution < 1.29 is 9.18 Å². The van der Waals surface area contributed by atoms with Crippen LogP contribution in [0.15, 0.2) is 18.2 Å². The van der Waals surface area contributed by atoms with Crippen LogP contribution in [-0.2, 0) is 0 Å². The quantitative estimate of drug-likeness (QED) is 0.750. The minimum Gasteiger partial charge on any atom is -0.336 e. The zero-order valence-corrected chi connectivity index (χ0v) is 12.1. The van der Waals surface area contributed by atoms with Crippen molar-refractivity contribution in [3.8, 4) is 0 Å². The molecule has 1 aromatic carbocycles. The van der Waals surface area contributed by atoms with Crippen LogP contribution >= 0.6 is 23.2 Å². The lowest BCUT2D eigenvalue weighted by molar-refractivity contribution is 0.0580. The monoisotopic (exact) mass is 303 g/mol. The Morgan fingerprint density at radius 1 is 1.42 bits per heavy atom. The van der Waals surface area contributed by atoms with Gasteiger partial charge in [-0.15, -0.1) is 11.6 Å². The van der Waals surface area contributed by atoms with Crippen molar-refractivity contribution in [3.05, 3.63) is 34.6 Å². The van der Waals surface area contributed by atoms with Crippen molar-refractivity contribution in [1.29, 1.82) is 0 Å². The van der Waals surface area contributed by atoms with Gasteiger partial charge in [0.2, 0.25) is 0 Å². The van der Waals surface area contributed by atoms with Gasteiger partial charge in [-0.25, -0.2) is 4.39 Å². The summed E-state index contributed by atoms with van der Waals surface area (Å²) in [6, 6.07) is 4.40. The van der Waals surface area contributed by atoms with Crippen molar-refractivity contribution >= 4 is 29.1 Å². The molecule has 0 spiro atoms. The lowest BCUT2D eigenvalue weighted by atomic mass is 9.91. The molecule has 0 unspecified atom stereocenters. The first-order valence-electron chi connectivity index (χ1n) is 6.45. The number of hydrogen-bond donors (Lipinski definition) is 0. The number of halogens is 3. The van der Waals surface area contributed by atoms with Crippen LogP contribution in [0.5, 0.6) is 0 Å². The maximum absolute atomic E-state index is 13.1. The largest absolute Gasteiger partial charge is 0.336 e. The highest BCUT2D eigenvalue weighted by Crippen LogP contribution is 2.27. The SMILES string of the molecule is O=C(c1ccc(F)c(Cl)c1)N(CCCCl)C1CCC1. The first-order chi connectivity index (χ1) is 9.13. The van der Waals surface area contributed by atoms with E-state index in [1.54, 1.807) is 0 Å². The van der Waals surface area contributed by atoms with Gasteiger partial charge in [-0.1, -0.05) is 11.6 Å². The van der Waals surface area contributed by atoms with Crippen molar-refractivity contribution in [3.63, 3.8) is 0 Å². The van der Waals surface area contributed by atoms with Crippen molar-refractivity contribution in [2.45, 2.75) is 31.7 Å². The maximum Gasteiger partial charge on any atom is 0.254 e. The van der Waals surface area contributed by atoms with Crippen molar-refractivity contribution in [1.82, 2.24) is 4.90 Å². The number of carbonyl (C=O) groups is 1. The van der Waals surface area contributed by atoms with Gasteiger partial charge in [0.05, 0.1) is 5.02 Å². The smallest absolute Gasteiger partial charge is 0.254 e. The Kier molecular flexibility index (Phi) is 5.06. The molecule has 5 heteroatoms. The van der Waals surface area contributed by atoms with E-state index in [1.807, 2.05) is 4.90 Å². The van der Waals surface area contributed by atoms with Crippen LogP contribution in [0.25, 0.3) is 0 Å². The van der Waals surface area contributed by atoms with E-state index in [1.165, 1.54) is 18.2 Å². The molecule has 1 amide bonds. The summed E-state index contributed by atoms with van der Waals surface area (Å²) >= 11 is 11.4. The van der Waals surface area contributed by atoms with E-state index in [0.717, 1.165) is 25.7 Å². The second kappa shape index (κ2) is 6.58. The van der Waals surface area contributed by atoms with Gasteiger partial charge in [0.15, 0.2) is 0 Å². The van der Waals surface area contributed by atoms with Gasteiger partial charge in [0.25, 0.3) is 5.91 Å². The molecule has 1 aliphatic rings. The van der Waals surface area contributed by atoms with E-state index in [4.69, 9.17) is 23.2 Å². The summed E-state index contributed by atoms with van der Waals surface area (Å²) < 4.78 is 13.1. The molecule has 0 radical (unpaired) electrons. The molecule has 1 aliphatic carbocycles. The highest BCUT2D eigenvalue weighted by Gasteiger charge is 2.29. The Bertz CT molecular complexity index is 463. The topological polar surface area (TPSA) is 20.3 Å². The Morgan fingerprint density at radius 3 is 2.68 bits per heavy atom. The molecule has 1 fully saturated rings. The Hall–Kier alpha value is -0.800. The summed E-state index contributed by atoms with van der Waals surface area (Å²) in [6.45, 7) is 0.641. The summed E-state index contributed by atoms with van der Waals surface area (Å²) in [5.74, 6) is -0.0633. The van der Waals surface area contributed by atoms with E-state index in [9.17, 15) is 9.18 Å². The van der Waals surface area contributed by atoms with Crippen LogP contribution in [0.3, 0.4) is 0 Å². The molecule has 2 nitrogen and oxygen atoms in total. The lowest BCUT2D eigenvalue weighted by Crippen LogP contribution is -2.44. The molecule has 0 aliphatic heterocycles. The van der Waals surface area contributed by atoms with Gasteiger partial charge in [-0.05, 0) is 43.9 Å². The van der Waals surface area contributed by atoms with E-state index >= 15 is 0 Å². The van der Waals surface area contributed by atoms with Gasteiger partial charge in [-0.3, -0.25) is 4.79 Å². The number of rotatable bonds is 5. The third-order valence-electron chi connectivity index (χ3n) is 3.48. The Labute approximate surface area is 122 Å². The normalized spacial score (nSPS) is 15.1. The number of carbonyl (C=O) groups excluding carboxylic acids is 1. The molecule has 0 bridgehead atoms. The van der Waals surface area contributed by atoms with Gasteiger partial charge >= 0.3 is 0 Å². The number of hydrogen-bond acceptors (Lipinski definition) is 1. The van der Waals surface area contributed by atoms with Crippen molar-refractivity contribution in [2.75, 3.05) is 12.4 Å². The molecule has 0 heterocycles. The fraction of sp³-hybridized carbons (Fsp3) is 0.500. The minimum atomic E-state index is -0.505. The number of amides is 1. The fourth-order valence-corrected chi connectivity index (χ4v) is 2.47. The average molecular weight is 304 g/mol. The predicted molar refractivity (Wildman–Crippen MR) is 75.4 cm³/mol. The summed E-state index contributed by atoms with van der Waals surface area (Å²) in [5, 5.41) is -0.0169. The maximum atomic E-state index is 13.1. The van der Waals surface area contributed by atoms with Crippen LogP contribution in [0.1, 0.15) is 36.0 Å². The van der Waals surface area contributed by atoms with E-state index in [2.05, 4.69) is 0 Å². The summed E-state index contributed by atoms with van der Waals surface area (Å²) in [7, 11) is 0. The van der Waals surface area contributed by atoms with Crippen molar-refractivity contribution in [2.24, 2.45) is 0 Å². The van der Waals surface area contributed by atoms with E-state index in [0.29, 0.717) is 24.0 Å². The average Bonchev–Trinajstić information content (AvgIpc) is 2.34. The van der Waals surface area contributed by atoms with Gasteiger partial charge in [0.1, 0.15) is 5.82 Å². The van der Waals surface area contributed by atoms with Crippen LogP contribution < -0.4 is 0 Å². The van der Waals surface area contributed by atoms with Gasteiger partial charge in [-0.2, -0.15) is 0 Å². The van der Waals surface area contributed by atoms with Crippen LogP contribution in [-0.4, -0.2) is 29.3 Å². The molecule has 2 rings (SSSR count). The second-order valence-electron chi connectivity index (χ2n) is 4.75. The summed E-state index contributed by atoms with van der Waals surface area (Å²) in [4.78, 5) is 14.3. The fourth-order valence-electron chi connectivity index (χ4n) is 2.17. The Balaban J connectivity index is 2.15. The number of benzene rings is 1. The predicted octanol–water partition coefficient (Wildman–Crippen LogP) is 4.10. The lowest BCUT2D eigenvalue weighted by Gasteiger charge is -2.37. The van der Waals surface area contributed by atoms with Crippen LogP contribution in [0.4, 0.5) is 4.39 Å². The molecule has 0 aromatic heterocycles. The van der Waals surface area contributed by atoms with Gasteiger partial charge in [0, 0.05) is 24.0 Å². The highest BCUT2D eigenvalue weighted by molar-refractivity contribution is 6.31. The third-order valence-corrected chi connectivity index (χ3v) is 4.03. The second-order valence-corrected chi connectivity index (χ2v) is 5.54. The highest BCUT2D eigenvalue weighted by atomic mass is 35.5. The van der Waals surface area contributed by atoms with Crippen LogP contribution in [0.2, 0.25) is 5.02 Å². The molecule has 0 saturated heterocycles. The summed E-state index contributed by atoms with van der Waals surface area (Å²) in [5.41, 5.74) is 0.438. The number of nitrogens with zero attached hydrogens (tertiary/aromatic N) is 1. The molecule has 1 saturated carbocycles.